The van der Waals surface area contributed by atoms with Crippen LogP contribution in [0.4, 0.5) is 4.79 Å². The second-order valence-electron chi connectivity index (χ2n) is 5.69. The maximum Gasteiger partial charge on any atom is 0.410 e. The molecule has 0 heterocycles. The van der Waals surface area contributed by atoms with Gasteiger partial charge in [0.25, 0.3) is 0 Å². The number of hydrogen-bond acceptors (Lipinski definition) is 3. The average Bonchev–Trinajstić information content (AvgIpc) is 2.23. The molecule has 100 valence electrons. The molecule has 0 rings (SSSR count). The summed E-state index contributed by atoms with van der Waals surface area (Å²) in [7, 11) is 1.61. The lowest BCUT2D eigenvalue weighted by Gasteiger charge is -2.39. The quantitative estimate of drug-likeness (QED) is 0.713. The lowest BCUT2D eigenvalue weighted by atomic mass is 9.85. The van der Waals surface area contributed by atoms with Gasteiger partial charge in [0.1, 0.15) is 17.4 Å². The largest absolute Gasteiger partial charge is 0.444 e. The summed E-state index contributed by atoms with van der Waals surface area (Å²) in [6.07, 6.45) is 1.18. The Morgan fingerprint density at radius 2 is 1.82 bits per heavy atom. The Kier molecular flexibility index (Phi) is 5.17. The van der Waals surface area contributed by atoms with Crippen molar-refractivity contribution < 1.29 is 14.3 Å². The van der Waals surface area contributed by atoms with E-state index < -0.39 is 17.2 Å². The molecule has 0 bridgehead atoms. The molecule has 0 radical (unpaired) electrons. The molecule has 0 N–H and O–H groups in total. The number of ether oxygens (including phenoxy) is 1. The van der Waals surface area contributed by atoms with Crippen LogP contribution in [0.2, 0.25) is 0 Å². The zero-order chi connectivity index (χ0) is 13.9. The fourth-order valence-corrected chi connectivity index (χ4v) is 1.47. The van der Waals surface area contributed by atoms with Crippen LogP contribution < -0.4 is 0 Å². The van der Waals surface area contributed by atoms with Crippen molar-refractivity contribution >= 4 is 12.4 Å². The molecule has 0 aromatic heterocycles. The number of carbonyl (C=O) groups excluding carboxylic acids is 2. The number of amides is 1. The first-order valence-corrected chi connectivity index (χ1v) is 6.01. The Morgan fingerprint density at radius 3 is 2.12 bits per heavy atom. The third-order valence-electron chi connectivity index (χ3n) is 3.24. The zero-order valence-electron chi connectivity index (χ0n) is 12.0. The van der Waals surface area contributed by atoms with Gasteiger partial charge in [-0.3, -0.25) is 4.90 Å². The van der Waals surface area contributed by atoms with Crippen molar-refractivity contribution in [1.29, 1.82) is 0 Å². The molecule has 0 saturated heterocycles. The van der Waals surface area contributed by atoms with Gasteiger partial charge in [0, 0.05) is 7.05 Å². The first-order valence-electron chi connectivity index (χ1n) is 6.01. The van der Waals surface area contributed by atoms with Crippen LogP contribution in [0.15, 0.2) is 0 Å². The predicted molar refractivity (Wildman–Crippen MR) is 67.9 cm³/mol. The third kappa shape index (κ3) is 4.02. The van der Waals surface area contributed by atoms with Crippen molar-refractivity contribution in [3.8, 4) is 0 Å². The number of carbonyl (C=O) groups is 2. The van der Waals surface area contributed by atoms with Gasteiger partial charge in [0.15, 0.2) is 0 Å². The van der Waals surface area contributed by atoms with Crippen LogP contribution >= 0.6 is 0 Å². The van der Waals surface area contributed by atoms with E-state index in [2.05, 4.69) is 0 Å². The Balaban J connectivity index is 4.93. The number of rotatable bonds is 4. The highest BCUT2D eigenvalue weighted by atomic mass is 16.6. The molecule has 4 heteroatoms. The Morgan fingerprint density at radius 1 is 1.35 bits per heavy atom. The Bertz CT molecular complexity index is 283. The van der Waals surface area contributed by atoms with Gasteiger partial charge >= 0.3 is 6.09 Å². The van der Waals surface area contributed by atoms with Crippen LogP contribution in [-0.2, 0) is 9.53 Å². The van der Waals surface area contributed by atoms with Gasteiger partial charge < -0.3 is 9.53 Å². The summed E-state index contributed by atoms with van der Waals surface area (Å²) in [4.78, 5) is 24.6. The predicted octanol–water partition coefficient (Wildman–Crippen LogP) is 2.86. The van der Waals surface area contributed by atoms with Crippen molar-refractivity contribution in [2.75, 3.05) is 7.05 Å². The van der Waals surface area contributed by atoms with E-state index in [-0.39, 0.29) is 5.92 Å². The van der Waals surface area contributed by atoms with Gasteiger partial charge in [-0.1, -0.05) is 20.3 Å². The minimum atomic E-state index is -0.822. The van der Waals surface area contributed by atoms with Crippen LogP contribution in [-0.4, -0.2) is 35.5 Å². The van der Waals surface area contributed by atoms with Gasteiger partial charge in [0.2, 0.25) is 0 Å². The van der Waals surface area contributed by atoms with E-state index in [0.29, 0.717) is 0 Å². The first kappa shape index (κ1) is 15.9. The van der Waals surface area contributed by atoms with E-state index in [4.69, 9.17) is 4.74 Å². The van der Waals surface area contributed by atoms with E-state index in [1.807, 2.05) is 13.8 Å². The minimum absolute atomic E-state index is 0.0810. The van der Waals surface area contributed by atoms with E-state index >= 15 is 0 Å². The third-order valence-corrected chi connectivity index (χ3v) is 3.24. The summed E-state index contributed by atoms with van der Waals surface area (Å²) in [6, 6.07) is 0. The van der Waals surface area contributed by atoms with Gasteiger partial charge in [0.05, 0.1) is 0 Å². The molecule has 0 aliphatic heterocycles. The number of hydrogen-bond donors (Lipinski definition) is 0. The van der Waals surface area contributed by atoms with Crippen molar-refractivity contribution in [3.63, 3.8) is 0 Å². The lowest BCUT2D eigenvalue weighted by Crippen LogP contribution is -2.54. The monoisotopic (exact) mass is 243 g/mol. The second kappa shape index (κ2) is 5.52. The standard InChI is InChI=1S/C13H25NO3/c1-8-10(2)13(6,9-15)14(7)11(16)17-12(3,4)5/h9-10H,8H2,1-7H3. The van der Waals surface area contributed by atoms with Crippen molar-refractivity contribution in [3.05, 3.63) is 0 Å². The van der Waals surface area contributed by atoms with E-state index in [9.17, 15) is 9.59 Å². The molecule has 0 fully saturated rings. The minimum Gasteiger partial charge on any atom is -0.444 e. The molecule has 0 aromatic carbocycles. The van der Waals surface area contributed by atoms with Crippen LogP contribution in [0.25, 0.3) is 0 Å². The maximum atomic E-state index is 11.9. The first-order chi connectivity index (χ1) is 7.58. The highest BCUT2D eigenvalue weighted by Gasteiger charge is 2.38. The molecule has 2 unspecified atom stereocenters. The van der Waals surface area contributed by atoms with E-state index in [0.717, 1.165) is 12.7 Å². The topological polar surface area (TPSA) is 46.6 Å². The molecular weight excluding hydrogens is 218 g/mol. The van der Waals surface area contributed by atoms with Gasteiger partial charge in [-0.15, -0.1) is 0 Å². The van der Waals surface area contributed by atoms with Crippen LogP contribution in [0.1, 0.15) is 48.0 Å². The Labute approximate surface area is 104 Å². The smallest absolute Gasteiger partial charge is 0.410 e. The second-order valence-corrected chi connectivity index (χ2v) is 5.69. The van der Waals surface area contributed by atoms with Crippen molar-refractivity contribution in [2.45, 2.75) is 59.1 Å². The average molecular weight is 243 g/mol. The number of aldehydes is 1. The fourth-order valence-electron chi connectivity index (χ4n) is 1.47. The van der Waals surface area contributed by atoms with Crippen molar-refractivity contribution in [1.82, 2.24) is 4.90 Å². The lowest BCUT2D eigenvalue weighted by molar-refractivity contribution is -0.119. The SMILES string of the molecule is CCC(C)C(C)(C=O)N(C)C(=O)OC(C)(C)C. The molecular formula is C13H25NO3. The summed E-state index contributed by atoms with van der Waals surface area (Å²) in [6.45, 7) is 11.1. The van der Waals surface area contributed by atoms with Gasteiger partial charge in [-0.2, -0.15) is 0 Å². The molecule has 0 spiro atoms. The van der Waals surface area contributed by atoms with Gasteiger partial charge in [-0.05, 0) is 33.6 Å². The number of nitrogens with zero attached hydrogens (tertiary/aromatic N) is 1. The molecule has 0 aliphatic carbocycles. The summed E-state index contributed by atoms with van der Waals surface area (Å²) in [5.41, 5.74) is -1.37. The molecule has 1 amide bonds. The Hall–Kier alpha value is -1.06. The molecule has 0 aromatic rings. The summed E-state index contributed by atoms with van der Waals surface area (Å²) < 4.78 is 5.27. The van der Waals surface area contributed by atoms with Crippen LogP contribution in [0, 0.1) is 5.92 Å². The van der Waals surface area contributed by atoms with Crippen LogP contribution in [0.3, 0.4) is 0 Å². The zero-order valence-corrected chi connectivity index (χ0v) is 12.0. The highest BCUT2D eigenvalue weighted by Crippen LogP contribution is 2.25. The molecule has 0 aliphatic rings. The summed E-state index contributed by atoms with van der Waals surface area (Å²) in [5, 5.41) is 0. The molecule has 4 nitrogen and oxygen atoms in total. The highest BCUT2D eigenvalue weighted by molar-refractivity contribution is 5.76. The molecule has 2 atom stereocenters. The summed E-state index contributed by atoms with van der Waals surface area (Å²) >= 11 is 0. The van der Waals surface area contributed by atoms with E-state index in [1.54, 1.807) is 34.7 Å². The fraction of sp³-hybridized carbons (Fsp3) is 0.846. The van der Waals surface area contributed by atoms with Crippen molar-refractivity contribution in [2.24, 2.45) is 5.92 Å². The van der Waals surface area contributed by atoms with Crippen LogP contribution in [0.5, 0.6) is 0 Å². The maximum absolute atomic E-state index is 11.9. The summed E-state index contributed by atoms with van der Waals surface area (Å²) in [5.74, 6) is 0.0810. The van der Waals surface area contributed by atoms with Gasteiger partial charge in [-0.25, -0.2) is 4.79 Å². The molecule has 17 heavy (non-hydrogen) atoms. The van der Waals surface area contributed by atoms with E-state index in [1.165, 1.54) is 4.90 Å². The number of likely N-dealkylation sites (N-methyl/N-ethyl adjacent to an activating group) is 1. The normalized spacial score (nSPS) is 16.9. The molecule has 0 saturated carbocycles.